The number of carboxylic acids is 1. The monoisotopic (exact) mass is 587 g/mol. The van der Waals surface area contributed by atoms with Crippen LogP contribution >= 0.6 is 0 Å². The van der Waals surface area contributed by atoms with Crippen molar-refractivity contribution in [2.24, 2.45) is 33.8 Å². The molecular weight excluding hydrogens is 546 g/mol. The van der Waals surface area contributed by atoms with E-state index in [4.69, 9.17) is 22.9 Å². The fourth-order valence-corrected chi connectivity index (χ4v) is 4.33. The molecule has 0 saturated carbocycles. The number of hydrogen-bond acceptors (Lipinski definition) is 7. The van der Waals surface area contributed by atoms with Crippen molar-refractivity contribution < 1.29 is 29.1 Å². The molecule has 13 N–H and O–H groups in total. The minimum absolute atomic E-state index is 0.0597. The highest BCUT2D eigenvalue weighted by Crippen LogP contribution is 2.19. The van der Waals surface area contributed by atoms with Crippen molar-refractivity contribution in [2.75, 3.05) is 6.54 Å². The number of carbonyl (C=O) groups excluding carboxylic acids is 4. The third kappa shape index (κ3) is 10.7. The van der Waals surface area contributed by atoms with Gasteiger partial charge < -0.3 is 49.0 Å². The van der Waals surface area contributed by atoms with E-state index in [1.165, 1.54) is 0 Å². The van der Waals surface area contributed by atoms with Crippen LogP contribution in [0.1, 0.15) is 45.1 Å². The number of amides is 4. The van der Waals surface area contributed by atoms with Gasteiger partial charge >= 0.3 is 5.97 Å². The summed E-state index contributed by atoms with van der Waals surface area (Å²) < 4.78 is 0. The number of rotatable bonds is 17. The van der Waals surface area contributed by atoms with Crippen molar-refractivity contribution in [1.82, 2.24) is 20.9 Å². The van der Waals surface area contributed by atoms with Gasteiger partial charge in [0.2, 0.25) is 23.6 Å². The van der Waals surface area contributed by atoms with Gasteiger partial charge in [-0.05, 0) is 43.2 Å². The first kappa shape index (κ1) is 33.5. The van der Waals surface area contributed by atoms with Crippen LogP contribution in [0.25, 0.3) is 10.9 Å². The number of aromatic nitrogens is 1. The topological polar surface area (TPSA) is 274 Å². The molecule has 0 fully saturated rings. The third-order valence-corrected chi connectivity index (χ3v) is 6.39. The van der Waals surface area contributed by atoms with Crippen LogP contribution < -0.4 is 38.9 Å². The number of para-hydroxylation sites is 1. The molecule has 2 aromatic rings. The fourth-order valence-electron chi connectivity index (χ4n) is 4.33. The number of aliphatic carboxylic acids is 1. The maximum Gasteiger partial charge on any atom is 0.326 e. The van der Waals surface area contributed by atoms with E-state index in [0.717, 1.165) is 16.5 Å². The van der Waals surface area contributed by atoms with Crippen molar-refractivity contribution in [2.45, 2.75) is 70.1 Å². The zero-order valence-electron chi connectivity index (χ0n) is 23.8. The predicted octanol–water partition coefficient (Wildman–Crippen LogP) is -1.45. The van der Waals surface area contributed by atoms with E-state index in [0.29, 0.717) is 0 Å². The van der Waals surface area contributed by atoms with Gasteiger partial charge in [0.25, 0.3) is 0 Å². The summed E-state index contributed by atoms with van der Waals surface area (Å²) in [7, 11) is 0. The first-order valence-electron chi connectivity index (χ1n) is 13.6. The van der Waals surface area contributed by atoms with Crippen LogP contribution in [-0.2, 0) is 30.4 Å². The van der Waals surface area contributed by atoms with E-state index in [-0.39, 0.29) is 44.1 Å². The lowest BCUT2D eigenvalue weighted by Gasteiger charge is -2.25. The Kier molecular flexibility index (Phi) is 12.7. The smallest absolute Gasteiger partial charge is 0.326 e. The normalized spacial score (nSPS) is 13.9. The van der Waals surface area contributed by atoms with Gasteiger partial charge in [-0.3, -0.25) is 24.2 Å². The van der Waals surface area contributed by atoms with Crippen LogP contribution in [0.15, 0.2) is 35.5 Å². The average Bonchev–Trinajstić information content (AvgIpc) is 3.31. The molecular formula is C27H41N9O6. The number of aliphatic imine (C=N–C) groups is 1. The molecule has 42 heavy (non-hydrogen) atoms. The number of primary amides is 1. The van der Waals surface area contributed by atoms with Gasteiger partial charge in [-0.2, -0.15) is 0 Å². The van der Waals surface area contributed by atoms with Crippen molar-refractivity contribution in [3.63, 3.8) is 0 Å². The molecule has 0 aliphatic heterocycles. The number of H-pyrrole nitrogens is 1. The van der Waals surface area contributed by atoms with Gasteiger partial charge in [-0.15, -0.1) is 0 Å². The summed E-state index contributed by atoms with van der Waals surface area (Å²) in [6, 6.07) is 2.58. The van der Waals surface area contributed by atoms with Crippen molar-refractivity contribution >= 4 is 46.5 Å². The van der Waals surface area contributed by atoms with E-state index in [9.17, 15) is 29.1 Å². The molecule has 0 bridgehead atoms. The second-order valence-corrected chi connectivity index (χ2v) is 10.4. The molecule has 15 nitrogen and oxygen atoms in total. The van der Waals surface area contributed by atoms with E-state index >= 15 is 0 Å². The molecule has 4 amide bonds. The summed E-state index contributed by atoms with van der Waals surface area (Å²) in [6.45, 7) is 3.72. The maximum atomic E-state index is 13.3. The summed E-state index contributed by atoms with van der Waals surface area (Å²) in [4.78, 5) is 69.6. The molecule has 2 rings (SSSR count). The Hall–Kier alpha value is -4.66. The van der Waals surface area contributed by atoms with Gasteiger partial charge in [0.15, 0.2) is 5.96 Å². The minimum atomic E-state index is -1.49. The van der Waals surface area contributed by atoms with Gasteiger partial charge in [0, 0.05) is 23.6 Å². The van der Waals surface area contributed by atoms with Crippen LogP contribution in [0.4, 0.5) is 0 Å². The number of carboxylic acid groups (broad SMARTS) is 1. The Labute approximate surface area is 243 Å². The number of nitrogens with zero attached hydrogens (tertiary/aromatic N) is 1. The number of nitrogens with one attached hydrogen (secondary N) is 4. The summed E-state index contributed by atoms with van der Waals surface area (Å²) in [5, 5.41) is 17.8. The van der Waals surface area contributed by atoms with Crippen molar-refractivity contribution in [1.29, 1.82) is 0 Å². The molecule has 0 radical (unpaired) electrons. The Bertz CT molecular complexity index is 1290. The number of aromatic amines is 1. The lowest BCUT2D eigenvalue weighted by molar-refractivity contribution is -0.143. The highest BCUT2D eigenvalue weighted by molar-refractivity contribution is 5.96. The molecule has 0 spiro atoms. The van der Waals surface area contributed by atoms with Crippen LogP contribution in [0.2, 0.25) is 0 Å². The largest absolute Gasteiger partial charge is 0.480 e. The van der Waals surface area contributed by atoms with Gasteiger partial charge in [-0.1, -0.05) is 32.0 Å². The molecule has 230 valence electrons. The van der Waals surface area contributed by atoms with Crippen LogP contribution in [0, 0.1) is 5.92 Å². The lowest BCUT2D eigenvalue weighted by Crippen LogP contribution is -2.58. The Morgan fingerprint density at radius 2 is 1.55 bits per heavy atom. The highest BCUT2D eigenvalue weighted by atomic mass is 16.4. The zero-order valence-corrected chi connectivity index (χ0v) is 23.8. The quantitative estimate of drug-likeness (QED) is 0.0594. The average molecular weight is 588 g/mol. The lowest BCUT2D eigenvalue weighted by atomic mass is 10.0. The first-order valence-corrected chi connectivity index (χ1v) is 13.6. The molecule has 4 unspecified atom stereocenters. The highest BCUT2D eigenvalue weighted by Gasteiger charge is 2.31. The molecule has 15 heteroatoms. The number of carbonyl (C=O) groups is 5. The second-order valence-electron chi connectivity index (χ2n) is 10.4. The molecule has 1 aromatic heterocycles. The third-order valence-electron chi connectivity index (χ3n) is 6.39. The van der Waals surface area contributed by atoms with Crippen molar-refractivity contribution in [3.05, 3.63) is 36.0 Å². The Morgan fingerprint density at radius 1 is 0.929 bits per heavy atom. The predicted molar refractivity (Wildman–Crippen MR) is 157 cm³/mol. The first-order chi connectivity index (χ1) is 19.8. The van der Waals surface area contributed by atoms with E-state index in [1.54, 1.807) is 20.0 Å². The molecule has 4 atom stereocenters. The van der Waals surface area contributed by atoms with Crippen LogP contribution in [-0.4, -0.2) is 76.4 Å². The maximum absolute atomic E-state index is 13.3. The van der Waals surface area contributed by atoms with E-state index < -0.39 is 60.2 Å². The zero-order chi connectivity index (χ0) is 31.4. The Balaban J connectivity index is 2.18. The van der Waals surface area contributed by atoms with Crippen molar-refractivity contribution in [3.8, 4) is 0 Å². The van der Waals surface area contributed by atoms with E-state index in [2.05, 4.69) is 25.9 Å². The number of guanidine groups is 1. The standard InChI is InChI=1S/C27H41N9O6/c1-14(2)10-21(26(41)42)36-25(40)20(12-22(29)37)35-24(39)19(8-5-9-32-27(30)31)34-23(38)17(28)11-15-13-33-18-7-4-3-6-16(15)18/h3-4,6-7,13-14,17,19-21,33H,5,8-12,28H2,1-2H3,(H2,29,37)(H,34,38)(H,35,39)(H,36,40)(H,41,42)(H4,30,31,32). The molecule has 1 aromatic carbocycles. The molecule has 0 aliphatic carbocycles. The van der Waals surface area contributed by atoms with Gasteiger partial charge in [0.1, 0.15) is 18.1 Å². The number of fused-ring (bicyclic) bond motifs is 1. The summed E-state index contributed by atoms with van der Waals surface area (Å²) >= 11 is 0. The van der Waals surface area contributed by atoms with E-state index in [1.807, 2.05) is 24.3 Å². The van der Waals surface area contributed by atoms with Crippen LogP contribution in [0.3, 0.4) is 0 Å². The second kappa shape index (κ2) is 16.0. The van der Waals surface area contributed by atoms with Crippen LogP contribution in [0.5, 0.6) is 0 Å². The summed E-state index contributed by atoms with van der Waals surface area (Å²) in [6.07, 6.45) is 1.79. The summed E-state index contributed by atoms with van der Waals surface area (Å²) in [5.41, 5.74) is 23.9. The molecule has 0 saturated heterocycles. The number of hydrogen-bond donors (Lipinski definition) is 9. The number of benzene rings is 1. The number of nitrogens with two attached hydrogens (primary N) is 4. The molecule has 1 heterocycles. The Morgan fingerprint density at radius 3 is 2.17 bits per heavy atom. The van der Waals surface area contributed by atoms with Gasteiger partial charge in [0.05, 0.1) is 12.5 Å². The molecule has 0 aliphatic rings. The minimum Gasteiger partial charge on any atom is -0.480 e. The summed E-state index contributed by atoms with van der Waals surface area (Å²) in [5.74, 6) is -4.71. The van der Waals surface area contributed by atoms with Gasteiger partial charge in [-0.25, -0.2) is 4.79 Å². The SMILES string of the molecule is CC(C)CC(NC(=O)C(CC(N)=O)NC(=O)C(CCCN=C(N)N)NC(=O)C(N)Cc1c[nH]c2ccccc12)C(=O)O. The fraction of sp³-hybridized carbons (Fsp3) is 0.481.